The summed E-state index contributed by atoms with van der Waals surface area (Å²) in [5, 5.41) is 8.64. The fraction of sp³-hybridized carbons (Fsp3) is 0.818. The summed E-state index contributed by atoms with van der Waals surface area (Å²) >= 11 is 0. The molecule has 0 heterocycles. The van der Waals surface area contributed by atoms with Crippen LogP contribution in [-0.2, 0) is 32.7 Å². The summed E-state index contributed by atoms with van der Waals surface area (Å²) in [6.07, 6.45) is 1.12. The Morgan fingerprint density at radius 1 is 1.07 bits per heavy atom. The van der Waals surface area contributed by atoms with Crippen LogP contribution in [0, 0.1) is 20.8 Å². The van der Waals surface area contributed by atoms with Crippen LogP contribution in [0.3, 0.4) is 0 Å². The first-order valence-electron chi connectivity index (χ1n) is 4.46. The summed E-state index contributed by atoms with van der Waals surface area (Å²) < 4.78 is 0. The average molecular weight is 275 g/mol. The van der Waals surface area contributed by atoms with E-state index in [1.807, 2.05) is 0 Å². The predicted molar refractivity (Wildman–Crippen MR) is 63.9 cm³/mol. The molecule has 0 rings (SSSR count). The molecule has 0 aromatic heterocycles. The molecule has 2 nitrogen and oxygen atoms in total. The van der Waals surface area contributed by atoms with Gasteiger partial charge in [-0.25, -0.2) is 0 Å². The Kier molecular flexibility index (Phi) is 28.6. The second-order valence-electron chi connectivity index (χ2n) is 3.38. The largest absolute Gasteiger partial charge is 0.680 e. The van der Waals surface area contributed by atoms with Gasteiger partial charge in [-0.3, -0.25) is 6.67 Å². The van der Waals surface area contributed by atoms with E-state index in [9.17, 15) is 0 Å². The first-order valence-corrected chi connectivity index (χ1v) is 4.46. The van der Waals surface area contributed by atoms with E-state index in [1.54, 1.807) is 0 Å². The molecule has 1 atom stereocenters. The Bertz CT molecular complexity index is 87.4. The molecule has 0 aliphatic heterocycles. The van der Waals surface area contributed by atoms with Gasteiger partial charge < -0.3 is 25.5 Å². The monoisotopic (exact) mass is 275 g/mol. The summed E-state index contributed by atoms with van der Waals surface area (Å²) in [6, 6.07) is 0.478. The molecule has 0 bridgehead atoms. The Morgan fingerprint density at radius 2 is 1.57 bits per heavy atom. The molecule has 0 spiro atoms. The quantitative estimate of drug-likeness (QED) is 0.517. The maximum atomic E-state index is 4.35. The second kappa shape index (κ2) is 16.5. The zero-order valence-corrected chi connectivity index (χ0v) is 13.6. The fourth-order valence-corrected chi connectivity index (χ4v) is 0.642. The number of rotatable bonds is 6. The van der Waals surface area contributed by atoms with E-state index in [0.29, 0.717) is 18.6 Å². The van der Waals surface area contributed by atoms with Crippen molar-refractivity contribution in [3.63, 3.8) is 0 Å². The minimum Gasteiger partial charge on any atom is -0.680 e. The minimum absolute atomic E-state index is 0. The summed E-state index contributed by atoms with van der Waals surface area (Å²) in [7, 11) is 0. The van der Waals surface area contributed by atoms with Crippen molar-refractivity contribution in [2.45, 2.75) is 40.2 Å². The van der Waals surface area contributed by atoms with Gasteiger partial charge in [0.1, 0.15) is 0 Å². The van der Waals surface area contributed by atoms with Crippen LogP contribution >= 0.6 is 0 Å². The normalized spacial score (nSPS) is 10.9. The molecular formula is C11H26N2Y-4. The Hall–Kier alpha value is 1.02. The first-order chi connectivity index (χ1) is 5.16. The van der Waals surface area contributed by atoms with Gasteiger partial charge in [0.05, 0.1) is 0 Å². The van der Waals surface area contributed by atoms with Gasteiger partial charge in [-0.1, -0.05) is 40.0 Å². The van der Waals surface area contributed by atoms with E-state index in [-0.39, 0.29) is 47.6 Å². The van der Waals surface area contributed by atoms with E-state index in [1.165, 1.54) is 0 Å². The summed E-state index contributed by atoms with van der Waals surface area (Å²) in [4.78, 5) is 0. The molecule has 0 aliphatic carbocycles. The van der Waals surface area contributed by atoms with Crippen molar-refractivity contribution >= 4 is 0 Å². The van der Waals surface area contributed by atoms with Crippen LogP contribution in [0.25, 0.3) is 10.6 Å². The van der Waals surface area contributed by atoms with E-state index in [0.717, 1.165) is 13.0 Å². The molecule has 1 unspecified atom stereocenters. The van der Waals surface area contributed by atoms with Crippen molar-refractivity contribution in [2.24, 2.45) is 5.92 Å². The molecule has 14 heavy (non-hydrogen) atoms. The van der Waals surface area contributed by atoms with Crippen LogP contribution in [-0.4, -0.2) is 19.3 Å². The van der Waals surface area contributed by atoms with Crippen LogP contribution in [0.4, 0.5) is 0 Å². The van der Waals surface area contributed by atoms with Crippen LogP contribution in [0.15, 0.2) is 0 Å². The number of nitrogens with zero attached hydrogens (tertiary/aromatic N) is 2. The van der Waals surface area contributed by atoms with Crippen LogP contribution in [0.5, 0.6) is 0 Å². The minimum atomic E-state index is 0. The van der Waals surface area contributed by atoms with Crippen molar-refractivity contribution in [3.8, 4) is 0 Å². The molecule has 0 amide bonds. The standard InChI is InChI=1S/C9H20N2.2CH3.Y/c1-5-9(4)11-7-10-6-8(2)3;;;/h8-9H,5-7H2,1-4H3;2*1H3;/q-2;2*-1;. The second-order valence-corrected chi connectivity index (χ2v) is 3.38. The molecule has 1 radical (unpaired) electrons. The fourth-order valence-electron chi connectivity index (χ4n) is 0.642. The number of hydrogen-bond acceptors (Lipinski definition) is 0. The molecule has 0 aromatic rings. The van der Waals surface area contributed by atoms with Crippen molar-refractivity contribution < 1.29 is 32.7 Å². The van der Waals surface area contributed by atoms with Crippen molar-refractivity contribution in [1.29, 1.82) is 0 Å². The van der Waals surface area contributed by atoms with Crippen LogP contribution < -0.4 is 0 Å². The van der Waals surface area contributed by atoms with Gasteiger partial charge in [-0.2, -0.15) is 0 Å². The van der Waals surface area contributed by atoms with Crippen molar-refractivity contribution in [2.75, 3.05) is 13.2 Å². The summed E-state index contributed by atoms with van der Waals surface area (Å²) in [6.45, 7) is 10.3. The van der Waals surface area contributed by atoms with Gasteiger partial charge in [-0.05, 0) is 0 Å². The molecule has 0 saturated carbocycles. The van der Waals surface area contributed by atoms with Gasteiger partial charge in [0, 0.05) is 32.7 Å². The molecule has 0 fully saturated rings. The van der Waals surface area contributed by atoms with Crippen LogP contribution in [0.2, 0.25) is 0 Å². The Morgan fingerprint density at radius 3 is 1.93 bits per heavy atom. The van der Waals surface area contributed by atoms with E-state index in [4.69, 9.17) is 0 Å². The molecule has 87 valence electrons. The third-order valence-corrected chi connectivity index (χ3v) is 1.58. The van der Waals surface area contributed by atoms with Gasteiger partial charge in [0.15, 0.2) is 0 Å². The first kappa shape index (κ1) is 24.3. The third-order valence-electron chi connectivity index (χ3n) is 1.58. The molecular weight excluding hydrogens is 249 g/mol. The Labute approximate surface area is 117 Å². The molecule has 0 aliphatic rings. The van der Waals surface area contributed by atoms with Gasteiger partial charge >= 0.3 is 0 Å². The smallest absolute Gasteiger partial charge is 0 e. The predicted octanol–water partition coefficient (Wildman–Crippen LogP) is 4.04. The summed E-state index contributed by atoms with van der Waals surface area (Å²) in [5.41, 5.74) is 0. The van der Waals surface area contributed by atoms with Crippen molar-refractivity contribution in [1.82, 2.24) is 0 Å². The van der Waals surface area contributed by atoms with Gasteiger partial charge in [0.25, 0.3) is 0 Å². The van der Waals surface area contributed by atoms with Gasteiger partial charge in [0.2, 0.25) is 0 Å². The maximum absolute atomic E-state index is 4.35. The Balaban J connectivity index is -0.000000167. The van der Waals surface area contributed by atoms with Crippen molar-refractivity contribution in [3.05, 3.63) is 25.5 Å². The molecule has 0 N–H and O–H groups in total. The summed E-state index contributed by atoms with van der Waals surface area (Å²) in [5.74, 6) is 0.669. The third kappa shape index (κ3) is 18.7. The topological polar surface area (TPSA) is 28.2 Å². The average Bonchev–Trinajstić information content (AvgIpc) is 1.97. The molecule has 0 saturated heterocycles. The van der Waals surface area contributed by atoms with E-state index in [2.05, 4.69) is 38.3 Å². The zero-order chi connectivity index (χ0) is 8.69. The number of hydrogen-bond donors (Lipinski definition) is 0. The SMILES string of the molecule is CCC(C)[N-]C[N-]CC(C)C.[CH3-].[CH3-].[Y]. The van der Waals surface area contributed by atoms with E-state index >= 15 is 0 Å². The van der Waals surface area contributed by atoms with Crippen LogP contribution in [0.1, 0.15) is 34.1 Å². The molecule has 0 aromatic carbocycles. The van der Waals surface area contributed by atoms with E-state index < -0.39 is 0 Å². The zero-order valence-electron chi connectivity index (χ0n) is 10.7. The molecule has 3 heteroatoms. The van der Waals surface area contributed by atoms with Gasteiger partial charge in [-0.15, -0.1) is 12.6 Å². The maximum Gasteiger partial charge on any atom is 0 e.